The van der Waals surface area contributed by atoms with Crippen molar-refractivity contribution in [1.29, 1.82) is 5.26 Å². The fourth-order valence-corrected chi connectivity index (χ4v) is 2.68. The monoisotopic (exact) mass is 418 g/mol. The van der Waals surface area contributed by atoms with E-state index in [1.54, 1.807) is 37.5 Å². The van der Waals surface area contributed by atoms with E-state index in [4.69, 9.17) is 4.74 Å². The van der Waals surface area contributed by atoms with Gasteiger partial charge in [-0.25, -0.2) is 0 Å². The fourth-order valence-electron chi connectivity index (χ4n) is 1.92. The van der Waals surface area contributed by atoms with Gasteiger partial charge in [0.15, 0.2) is 0 Å². The summed E-state index contributed by atoms with van der Waals surface area (Å²) in [7, 11) is 1.60. The van der Waals surface area contributed by atoms with Crippen LogP contribution in [0.3, 0.4) is 0 Å². The normalized spacial score (nSPS) is 10.8. The van der Waals surface area contributed by atoms with Gasteiger partial charge in [0.2, 0.25) is 0 Å². The van der Waals surface area contributed by atoms with E-state index in [2.05, 4.69) is 27.9 Å². The molecule has 23 heavy (non-hydrogen) atoms. The first-order valence-corrected chi connectivity index (χ1v) is 7.94. The molecule has 0 aliphatic rings. The van der Waals surface area contributed by atoms with Gasteiger partial charge in [0.25, 0.3) is 5.91 Å². The number of halogens is 1. The third kappa shape index (κ3) is 4.57. The third-order valence-electron chi connectivity index (χ3n) is 3.16. The summed E-state index contributed by atoms with van der Waals surface area (Å²) in [5, 5.41) is 12.0. The summed E-state index contributed by atoms with van der Waals surface area (Å²) >= 11 is 2.15. The number of nitriles is 1. The predicted molar refractivity (Wildman–Crippen MR) is 99.1 cm³/mol. The molecule has 0 bridgehead atoms. The van der Waals surface area contributed by atoms with Gasteiger partial charge in [0.1, 0.15) is 17.4 Å². The molecular weight excluding hydrogens is 403 g/mol. The lowest BCUT2D eigenvalue weighted by molar-refractivity contribution is -0.112. The molecule has 2 aromatic rings. The highest BCUT2D eigenvalue weighted by Gasteiger charge is 2.10. The number of ether oxygens (including phenoxy) is 1. The molecule has 0 unspecified atom stereocenters. The highest BCUT2D eigenvalue weighted by Crippen LogP contribution is 2.23. The van der Waals surface area contributed by atoms with Gasteiger partial charge in [0.05, 0.1) is 10.7 Å². The number of rotatable bonds is 4. The molecule has 0 heterocycles. The molecule has 116 valence electrons. The van der Waals surface area contributed by atoms with Crippen LogP contribution in [0, 0.1) is 21.8 Å². The van der Waals surface area contributed by atoms with Crippen molar-refractivity contribution in [3.63, 3.8) is 0 Å². The minimum Gasteiger partial charge on any atom is -0.496 e. The van der Waals surface area contributed by atoms with E-state index >= 15 is 0 Å². The van der Waals surface area contributed by atoms with Crippen LogP contribution in [0.1, 0.15) is 11.1 Å². The number of carbonyl (C=O) groups is 1. The molecule has 0 saturated carbocycles. The average Bonchev–Trinajstić information content (AvgIpc) is 2.54. The average molecular weight is 418 g/mol. The highest BCUT2D eigenvalue weighted by atomic mass is 127. The summed E-state index contributed by atoms with van der Waals surface area (Å²) in [6.45, 7) is 1.97. The SMILES string of the molecule is COc1ccc(/C=C(\C#N)C(=O)Nc2ccc(C)cc2)cc1I. The molecule has 1 amide bonds. The lowest BCUT2D eigenvalue weighted by Gasteiger charge is -2.06. The van der Waals surface area contributed by atoms with Gasteiger partial charge in [-0.05, 0) is 65.4 Å². The van der Waals surface area contributed by atoms with Crippen LogP contribution in [-0.2, 0) is 4.79 Å². The number of aryl methyl sites for hydroxylation is 1. The highest BCUT2D eigenvalue weighted by molar-refractivity contribution is 14.1. The summed E-state index contributed by atoms with van der Waals surface area (Å²) in [5.74, 6) is 0.326. The molecular formula is C18H15IN2O2. The first kappa shape index (κ1) is 17.0. The summed E-state index contributed by atoms with van der Waals surface area (Å²) in [4.78, 5) is 12.2. The van der Waals surface area contributed by atoms with Crippen molar-refractivity contribution in [1.82, 2.24) is 0 Å². The molecule has 0 aromatic heterocycles. The Balaban J connectivity index is 2.21. The van der Waals surface area contributed by atoms with Gasteiger partial charge >= 0.3 is 0 Å². The van der Waals surface area contributed by atoms with Crippen molar-refractivity contribution in [2.75, 3.05) is 12.4 Å². The molecule has 0 aliphatic heterocycles. The van der Waals surface area contributed by atoms with E-state index in [-0.39, 0.29) is 5.57 Å². The number of nitrogens with zero attached hydrogens (tertiary/aromatic N) is 1. The number of benzene rings is 2. The number of hydrogen-bond donors (Lipinski definition) is 1. The van der Waals surface area contributed by atoms with E-state index in [0.717, 1.165) is 20.4 Å². The smallest absolute Gasteiger partial charge is 0.266 e. The van der Waals surface area contributed by atoms with Crippen molar-refractivity contribution in [3.8, 4) is 11.8 Å². The van der Waals surface area contributed by atoms with E-state index in [0.29, 0.717) is 5.69 Å². The second kappa shape index (κ2) is 7.79. The number of methoxy groups -OCH3 is 1. The van der Waals surface area contributed by atoms with Gasteiger partial charge in [-0.2, -0.15) is 5.26 Å². The number of amides is 1. The summed E-state index contributed by atoms with van der Waals surface area (Å²) in [5.41, 5.74) is 2.58. The van der Waals surface area contributed by atoms with Crippen molar-refractivity contribution in [2.24, 2.45) is 0 Å². The standard InChI is InChI=1S/C18H15IN2O2/c1-12-3-6-15(7-4-12)21-18(22)14(11-20)9-13-5-8-17(23-2)16(19)10-13/h3-10H,1-2H3,(H,21,22)/b14-9+. The lowest BCUT2D eigenvalue weighted by atomic mass is 10.1. The number of anilines is 1. The Morgan fingerprint density at radius 3 is 2.52 bits per heavy atom. The first-order chi connectivity index (χ1) is 11.0. The molecule has 4 nitrogen and oxygen atoms in total. The van der Waals surface area contributed by atoms with E-state index < -0.39 is 5.91 Å². The quantitative estimate of drug-likeness (QED) is 0.461. The van der Waals surface area contributed by atoms with Crippen molar-refractivity contribution in [3.05, 3.63) is 62.7 Å². The van der Waals surface area contributed by atoms with Crippen LogP contribution in [0.5, 0.6) is 5.75 Å². The van der Waals surface area contributed by atoms with E-state index in [1.807, 2.05) is 31.2 Å². The van der Waals surface area contributed by atoms with Gasteiger partial charge in [-0.1, -0.05) is 23.8 Å². The number of nitrogens with one attached hydrogen (secondary N) is 1. The Morgan fingerprint density at radius 2 is 1.96 bits per heavy atom. The van der Waals surface area contributed by atoms with Crippen LogP contribution >= 0.6 is 22.6 Å². The minimum atomic E-state index is -0.429. The number of carbonyl (C=O) groups excluding carboxylic acids is 1. The Morgan fingerprint density at radius 1 is 1.26 bits per heavy atom. The molecule has 0 atom stereocenters. The molecule has 5 heteroatoms. The molecule has 0 spiro atoms. The van der Waals surface area contributed by atoms with Crippen LogP contribution in [-0.4, -0.2) is 13.0 Å². The van der Waals surface area contributed by atoms with Crippen LogP contribution in [0.4, 0.5) is 5.69 Å². The predicted octanol–water partition coefficient (Wildman–Crippen LogP) is 4.15. The maximum Gasteiger partial charge on any atom is 0.266 e. The Bertz CT molecular complexity index is 790. The topological polar surface area (TPSA) is 62.1 Å². The van der Waals surface area contributed by atoms with Crippen LogP contribution in [0.2, 0.25) is 0 Å². The molecule has 0 saturated heterocycles. The summed E-state index contributed by atoms with van der Waals surface area (Å²) in [6.07, 6.45) is 1.56. The fraction of sp³-hybridized carbons (Fsp3) is 0.111. The van der Waals surface area contributed by atoms with Crippen molar-refractivity contribution < 1.29 is 9.53 Å². The van der Waals surface area contributed by atoms with E-state index in [1.165, 1.54) is 0 Å². The van der Waals surface area contributed by atoms with E-state index in [9.17, 15) is 10.1 Å². The van der Waals surface area contributed by atoms with Gasteiger partial charge in [-0.3, -0.25) is 4.79 Å². The molecule has 2 rings (SSSR count). The molecule has 0 aliphatic carbocycles. The second-order valence-corrected chi connectivity index (χ2v) is 6.05. The zero-order valence-electron chi connectivity index (χ0n) is 12.8. The molecule has 1 N–H and O–H groups in total. The van der Waals surface area contributed by atoms with Crippen LogP contribution < -0.4 is 10.1 Å². The zero-order valence-corrected chi connectivity index (χ0v) is 14.9. The van der Waals surface area contributed by atoms with Crippen molar-refractivity contribution >= 4 is 40.3 Å². The summed E-state index contributed by atoms with van der Waals surface area (Å²) in [6, 6.07) is 14.8. The van der Waals surface area contributed by atoms with Crippen LogP contribution in [0.15, 0.2) is 48.0 Å². The van der Waals surface area contributed by atoms with Crippen molar-refractivity contribution in [2.45, 2.75) is 6.92 Å². The Labute approximate surface area is 148 Å². The summed E-state index contributed by atoms with van der Waals surface area (Å²) < 4.78 is 6.11. The number of hydrogen-bond acceptors (Lipinski definition) is 3. The van der Waals surface area contributed by atoms with Gasteiger partial charge < -0.3 is 10.1 Å². The third-order valence-corrected chi connectivity index (χ3v) is 4.00. The maximum atomic E-state index is 12.2. The Hall–Kier alpha value is -2.33. The van der Waals surface area contributed by atoms with Gasteiger partial charge in [0, 0.05) is 5.69 Å². The van der Waals surface area contributed by atoms with Gasteiger partial charge in [-0.15, -0.1) is 0 Å². The van der Waals surface area contributed by atoms with Crippen LogP contribution in [0.25, 0.3) is 6.08 Å². The Kier molecular flexibility index (Phi) is 5.77. The minimum absolute atomic E-state index is 0.0477. The molecule has 2 aromatic carbocycles. The lowest BCUT2D eigenvalue weighted by Crippen LogP contribution is -2.13. The largest absolute Gasteiger partial charge is 0.496 e. The second-order valence-electron chi connectivity index (χ2n) is 4.88. The molecule has 0 fully saturated rings. The maximum absolute atomic E-state index is 12.2. The zero-order chi connectivity index (χ0) is 16.8. The first-order valence-electron chi connectivity index (χ1n) is 6.87. The molecule has 0 radical (unpaired) electrons.